The van der Waals surface area contributed by atoms with Crippen LogP contribution in [0.3, 0.4) is 0 Å². The van der Waals surface area contributed by atoms with Crippen molar-refractivity contribution in [2.45, 2.75) is 32.2 Å². The summed E-state index contributed by atoms with van der Waals surface area (Å²) in [4.78, 5) is 0. The third kappa shape index (κ3) is 1.36. The van der Waals surface area contributed by atoms with Crippen molar-refractivity contribution in [3.8, 4) is 0 Å². The molecule has 1 atom stereocenters. The molecule has 1 N–H and O–H groups in total. The number of aliphatic hydroxyl groups is 1. The lowest BCUT2D eigenvalue weighted by atomic mass is 10.1. The van der Waals surface area contributed by atoms with Gasteiger partial charge in [-0.05, 0) is 44.3 Å². The standard InChI is InChI=1S/C6H12Cl2N2O/c1-5(2)4-9(7)6(3,11)10(5)8/h11H,4H2,1-3H3. The topological polar surface area (TPSA) is 26.7 Å². The van der Waals surface area contributed by atoms with E-state index in [4.69, 9.17) is 23.6 Å². The fourth-order valence-corrected chi connectivity index (χ4v) is 1.77. The van der Waals surface area contributed by atoms with Crippen molar-refractivity contribution in [1.29, 1.82) is 0 Å². The van der Waals surface area contributed by atoms with Gasteiger partial charge >= 0.3 is 0 Å². The summed E-state index contributed by atoms with van der Waals surface area (Å²) >= 11 is 11.6. The van der Waals surface area contributed by atoms with Crippen LogP contribution < -0.4 is 0 Å². The summed E-state index contributed by atoms with van der Waals surface area (Å²) in [6.45, 7) is 5.92. The zero-order valence-electron chi connectivity index (χ0n) is 6.80. The monoisotopic (exact) mass is 198 g/mol. The summed E-state index contributed by atoms with van der Waals surface area (Å²) < 4.78 is 2.62. The molecule has 0 aromatic carbocycles. The van der Waals surface area contributed by atoms with Crippen LogP contribution in [-0.4, -0.2) is 31.9 Å². The lowest BCUT2D eigenvalue weighted by molar-refractivity contribution is -0.0983. The average Bonchev–Trinajstić information content (AvgIpc) is 1.94. The molecular formula is C6H12Cl2N2O. The van der Waals surface area contributed by atoms with E-state index in [1.54, 1.807) is 6.92 Å². The molecule has 1 aliphatic heterocycles. The van der Waals surface area contributed by atoms with Crippen LogP contribution in [0.1, 0.15) is 20.8 Å². The van der Waals surface area contributed by atoms with E-state index in [0.717, 1.165) is 0 Å². The van der Waals surface area contributed by atoms with Crippen molar-refractivity contribution in [2.24, 2.45) is 0 Å². The highest BCUT2D eigenvalue weighted by Gasteiger charge is 2.51. The number of hydrogen-bond donors (Lipinski definition) is 1. The van der Waals surface area contributed by atoms with Crippen molar-refractivity contribution in [3.05, 3.63) is 0 Å². The van der Waals surface area contributed by atoms with Crippen LogP contribution in [0.4, 0.5) is 0 Å². The molecule has 1 fully saturated rings. The second kappa shape index (κ2) is 2.47. The maximum absolute atomic E-state index is 9.66. The summed E-state index contributed by atoms with van der Waals surface area (Å²) in [5.74, 6) is -1.26. The Labute approximate surface area is 76.7 Å². The predicted octanol–water partition coefficient (Wildman–Crippen LogP) is 1.36. The van der Waals surface area contributed by atoms with Gasteiger partial charge in [0, 0.05) is 12.1 Å². The largest absolute Gasteiger partial charge is 0.361 e. The van der Waals surface area contributed by atoms with Crippen molar-refractivity contribution < 1.29 is 5.11 Å². The Kier molecular flexibility index (Phi) is 2.15. The van der Waals surface area contributed by atoms with E-state index in [-0.39, 0.29) is 5.54 Å². The third-order valence-corrected chi connectivity index (χ3v) is 3.11. The van der Waals surface area contributed by atoms with Gasteiger partial charge in [-0.25, -0.2) is 0 Å². The molecule has 1 unspecified atom stereocenters. The van der Waals surface area contributed by atoms with Gasteiger partial charge in [-0.3, -0.25) is 0 Å². The molecule has 0 spiro atoms. The first-order valence-electron chi connectivity index (χ1n) is 3.40. The van der Waals surface area contributed by atoms with Crippen molar-refractivity contribution >= 4 is 23.6 Å². The molecule has 3 nitrogen and oxygen atoms in total. The highest BCUT2D eigenvalue weighted by molar-refractivity contribution is 6.17. The minimum absolute atomic E-state index is 0.299. The summed E-state index contributed by atoms with van der Waals surface area (Å²) in [6, 6.07) is 0. The van der Waals surface area contributed by atoms with E-state index < -0.39 is 5.85 Å². The van der Waals surface area contributed by atoms with Crippen molar-refractivity contribution in [2.75, 3.05) is 6.54 Å². The van der Waals surface area contributed by atoms with Gasteiger partial charge in [0.05, 0.1) is 0 Å². The molecule has 0 aromatic heterocycles. The van der Waals surface area contributed by atoms with Crippen LogP contribution in [0.5, 0.6) is 0 Å². The van der Waals surface area contributed by atoms with E-state index in [1.165, 1.54) is 8.84 Å². The van der Waals surface area contributed by atoms with E-state index in [9.17, 15) is 5.11 Å². The quantitative estimate of drug-likeness (QED) is 0.596. The molecule has 0 saturated carbocycles. The maximum Gasteiger partial charge on any atom is 0.201 e. The summed E-state index contributed by atoms with van der Waals surface area (Å²) in [7, 11) is 0. The van der Waals surface area contributed by atoms with Gasteiger partial charge < -0.3 is 5.11 Å². The van der Waals surface area contributed by atoms with E-state index in [2.05, 4.69) is 0 Å². The Hall–Kier alpha value is 0.460. The molecule has 1 saturated heterocycles. The van der Waals surface area contributed by atoms with Gasteiger partial charge in [-0.2, -0.15) is 8.84 Å². The van der Waals surface area contributed by atoms with Crippen LogP contribution in [-0.2, 0) is 0 Å². The van der Waals surface area contributed by atoms with E-state index in [1.807, 2.05) is 13.8 Å². The normalized spacial score (nSPS) is 39.8. The summed E-state index contributed by atoms with van der Waals surface area (Å²) in [5.41, 5.74) is -0.299. The molecule has 66 valence electrons. The Bertz CT molecular complexity index is 172. The van der Waals surface area contributed by atoms with Gasteiger partial charge in [0.25, 0.3) is 0 Å². The van der Waals surface area contributed by atoms with Gasteiger partial charge in [0.15, 0.2) is 0 Å². The number of rotatable bonds is 0. The van der Waals surface area contributed by atoms with Gasteiger partial charge in [0.1, 0.15) is 0 Å². The van der Waals surface area contributed by atoms with E-state index >= 15 is 0 Å². The number of nitrogens with zero attached hydrogens (tertiary/aromatic N) is 2. The zero-order chi connectivity index (χ0) is 8.86. The first-order chi connectivity index (χ1) is 4.78. The molecule has 11 heavy (non-hydrogen) atoms. The van der Waals surface area contributed by atoms with Gasteiger partial charge in [0.2, 0.25) is 5.85 Å². The number of hydrogen-bond acceptors (Lipinski definition) is 3. The minimum Gasteiger partial charge on any atom is -0.361 e. The van der Waals surface area contributed by atoms with Crippen molar-refractivity contribution in [3.63, 3.8) is 0 Å². The molecule has 0 bridgehead atoms. The minimum atomic E-state index is -1.26. The lowest BCUT2D eigenvalue weighted by Crippen LogP contribution is -2.46. The Morgan fingerprint density at radius 1 is 1.27 bits per heavy atom. The first-order valence-corrected chi connectivity index (χ1v) is 4.08. The van der Waals surface area contributed by atoms with Gasteiger partial charge in [-0.1, -0.05) is 0 Å². The highest BCUT2D eigenvalue weighted by atomic mass is 35.5. The lowest BCUT2D eigenvalue weighted by Gasteiger charge is -2.31. The molecule has 0 radical (unpaired) electrons. The van der Waals surface area contributed by atoms with Crippen LogP contribution in [0.2, 0.25) is 0 Å². The third-order valence-electron chi connectivity index (χ3n) is 1.89. The Morgan fingerprint density at radius 2 is 1.73 bits per heavy atom. The van der Waals surface area contributed by atoms with Crippen LogP contribution in [0.15, 0.2) is 0 Å². The Morgan fingerprint density at radius 3 is 1.82 bits per heavy atom. The highest BCUT2D eigenvalue weighted by Crippen LogP contribution is 2.38. The molecule has 1 heterocycles. The maximum atomic E-state index is 9.66. The van der Waals surface area contributed by atoms with Crippen molar-refractivity contribution in [1.82, 2.24) is 8.84 Å². The number of halogens is 2. The summed E-state index contributed by atoms with van der Waals surface area (Å²) in [6.07, 6.45) is 0. The fourth-order valence-electron chi connectivity index (χ4n) is 1.22. The second-order valence-electron chi connectivity index (χ2n) is 3.58. The zero-order valence-corrected chi connectivity index (χ0v) is 8.32. The predicted molar refractivity (Wildman–Crippen MR) is 45.0 cm³/mol. The molecule has 1 rings (SSSR count). The Balaban J connectivity index is 2.89. The fraction of sp³-hybridized carbons (Fsp3) is 1.00. The molecule has 0 aliphatic carbocycles. The van der Waals surface area contributed by atoms with Crippen LogP contribution in [0, 0.1) is 0 Å². The van der Waals surface area contributed by atoms with Gasteiger partial charge in [-0.15, -0.1) is 0 Å². The summed E-state index contributed by atoms with van der Waals surface area (Å²) in [5, 5.41) is 9.66. The van der Waals surface area contributed by atoms with Crippen LogP contribution >= 0.6 is 23.6 Å². The average molecular weight is 199 g/mol. The van der Waals surface area contributed by atoms with Crippen LogP contribution in [0.25, 0.3) is 0 Å². The molecule has 0 aromatic rings. The second-order valence-corrected chi connectivity index (χ2v) is 4.33. The smallest absolute Gasteiger partial charge is 0.201 e. The molecule has 0 amide bonds. The molecule has 5 heteroatoms. The molecule has 1 aliphatic rings. The first kappa shape index (κ1) is 9.55. The van der Waals surface area contributed by atoms with E-state index in [0.29, 0.717) is 6.54 Å². The SMILES string of the molecule is CC1(C)CN(Cl)C(C)(O)N1Cl. The molecular weight excluding hydrogens is 187 g/mol.